The number of halogens is 1. The van der Waals surface area contributed by atoms with E-state index in [1.165, 1.54) is 24.2 Å². The first-order valence-corrected chi connectivity index (χ1v) is 5.49. The Labute approximate surface area is 101 Å². The molecule has 0 spiro atoms. The van der Waals surface area contributed by atoms with Gasteiger partial charge in [-0.25, -0.2) is 15.0 Å². The molecule has 2 aromatic heterocycles. The van der Waals surface area contributed by atoms with Gasteiger partial charge in [0.15, 0.2) is 5.69 Å². The predicted molar refractivity (Wildman–Crippen MR) is 60.1 cm³/mol. The maximum atomic E-state index is 8.57. The van der Waals surface area contributed by atoms with E-state index in [2.05, 4.69) is 15.0 Å². The fourth-order valence-corrected chi connectivity index (χ4v) is 1.90. The fourth-order valence-electron chi connectivity index (χ4n) is 0.972. The average Bonchev–Trinajstić information content (AvgIpc) is 2.33. The zero-order valence-corrected chi connectivity index (χ0v) is 9.53. The summed E-state index contributed by atoms with van der Waals surface area (Å²) in [7, 11) is 0. The van der Waals surface area contributed by atoms with Gasteiger partial charge < -0.3 is 0 Å². The van der Waals surface area contributed by atoms with Crippen molar-refractivity contribution in [1.29, 1.82) is 5.26 Å². The first-order chi connectivity index (χ1) is 7.79. The molecule has 0 bridgehead atoms. The largest absolute Gasteiger partial charge is 0.248 e. The van der Waals surface area contributed by atoms with E-state index < -0.39 is 0 Å². The zero-order chi connectivity index (χ0) is 11.4. The van der Waals surface area contributed by atoms with Crippen molar-refractivity contribution in [2.24, 2.45) is 0 Å². The topological polar surface area (TPSA) is 62.5 Å². The van der Waals surface area contributed by atoms with Crippen LogP contribution < -0.4 is 0 Å². The second-order valence-electron chi connectivity index (χ2n) is 2.74. The second kappa shape index (κ2) is 4.92. The van der Waals surface area contributed by atoms with Crippen molar-refractivity contribution in [3.63, 3.8) is 0 Å². The predicted octanol–water partition coefficient (Wildman–Crippen LogP) is 2.55. The minimum Gasteiger partial charge on any atom is -0.248 e. The van der Waals surface area contributed by atoms with E-state index in [0.717, 1.165) is 0 Å². The molecule has 78 valence electrons. The van der Waals surface area contributed by atoms with Crippen LogP contribution in [0.25, 0.3) is 0 Å². The standard InChI is InChI=1S/C10H5ClN4S/c11-8-2-1-3-13-10(8)16-9-6-14-7(4-12)5-15-9/h1-3,5-6H. The highest BCUT2D eigenvalue weighted by Gasteiger charge is 2.04. The highest BCUT2D eigenvalue weighted by Crippen LogP contribution is 2.29. The Balaban J connectivity index is 2.22. The van der Waals surface area contributed by atoms with Crippen LogP contribution in [0.1, 0.15) is 5.69 Å². The lowest BCUT2D eigenvalue weighted by Crippen LogP contribution is -1.88. The summed E-state index contributed by atoms with van der Waals surface area (Å²) in [6, 6.07) is 5.42. The Morgan fingerprint density at radius 3 is 2.75 bits per heavy atom. The second-order valence-corrected chi connectivity index (χ2v) is 4.16. The first kappa shape index (κ1) is 10.9. The molecule has 0 radical (unpaired) electrons. The van der Waals surface area contributed by atoms with Crippen molar-refractivity contribution in [2.45, 2.75) is 10.1 Å². The number of aromatic nitrogens is 3. The number of nitriles is 1. The van der Waals surface area contributed by atoms with Crippen molar-refractivity contribution in [3.8, 4) is 6.07 Å². The van der Waals surface area contributed by atoms with Gasteiger partial charge in [0.05, 0.1) is 17.4 Å². The third-order valence-electron chi connectivity index (χ3n) is 1.67. The molecule has 0 amide bonds. The smallest absolute Gasteiger partial charge is 0.158 e. The number of rotatable bonds is 2. The van der Waals surface area contributed by atoms with Gasteiger partial charge in [0.1, 0.15) is 16.1 Å². The lowest BCUT2D eigenvalue weighted by atomic mass is 10.5. The maximum Gasteiger partial charge on any atom is 0.158 e. The van der Waals surface area contributed by atoms with Crippen LogP contribution in [-0.4, -0.2) is 15.0 Å². The Morgan fingerprint density at radius 1 is 1.25 bits per heavy atom. The Kier molecular flexibility index (Phi) is 3.34. The van der Waals surface area contributed by atoms with Crippen LogP contribution >= 0.6 is 23.4 Å². The number of hydrogen-bond donors (Lipinski definition) is 0. The van der Waals surface area contributed by atoms with E-state index in [1.54, 1.807) is 18.3 Å². The molecule has 0 fully saturated rings. The van der Waals surface area contributed by atoms with Crippen LogP contribution in [0.4, 0.5) is 0 Å². The molecular weight excluding hydrogens is 244 g/mol. The highest BCUT2D eigenvalue weighted by atomic mass is 35.5. The summed E-state index contributed by atoms with van der Waals surface area (Å²) in [5, 5.41) is 10.5. The van der Waals surface area contributed by atoms with E-state index in [1.807, 2.05) is 6.07 Å². The summed E-state index contributed by atoms with van der Waals surface area (Å²) in [5.74, 6) is 0. The molecule has 0 saturated carbocycles. The summed E-state index contributed by atoms with van der Waals surface area (Å²) >= 11 is 7.26. The summed E-state index contributed by atoms with van der Waals surface area (Å²) in [4.78, 5) is 12.1. The van der Waals surface area contributed by atoms with Crippen molar-refractivity contribution in [3.05, 3.63) is 41.4 Å². The van der Waals surface area contributed by atoms with Crippen molar-refractivity contribution in [1.82, 2.24) is 15.0 Å². The Morgan fingerprint density at radius 2 is 2.12 bits per heavy atom. The van der Waals surface area contributed by atoms with Gasteiger partial charge in [0.2, 0.25) is 0 Å². The summed E-state index contributed by atoms with van der Waals surface area (Å²) in [5.41, 5.74) is 0.288. The molecule has 0 aromatic carbocycles. The molecule has 0 unspecified atom stereocenters. The molecule has 2 rings (SSSR count). The molecule has 0 aliphatic carbocycles. The van der Waals surface area contributed by atoms with Gasteiger partial charge in [-0.1, -0.05) is 11.6 Å². The van der Waals surface area contributed by atoms with Crippen molar-refractivity contribution < 1.29 is 0 Å². The van der Waals surface area contributed by atoms with Gasteiger partial charge in [-0.15, -0.1) is 0 Å². The molecule has 6 heteroatoms. The van der Waals surface area contributed by atoms with Gasteiger partial charge in [0.25, 0.3) is 0 Å². The van der Waals surface area contributed by atoms with Crippen LogP contribution in [-0.2, 0) is 0 Å². The molecule has 0 atom stereocenters. The molecular formula is C10H5ClN4S. The molecule has 2 aromatic rings. The van der Waals surface area contributed by atoms with Crippen molar-refractivity contribution in [2.75, 3.05) is 0 Å². The molecule has 0 saturated heterocycles. The van der Waals surface area contributed by atoms with E-state index in [-0.39, 0.29) is 5.69 Å². The van der Waals surface area contributed by atoms with Crippen LogP contribution in [0.3, 0.4) is 0 Å². The number of hydrogen-bond acceptors (Lipinski definition) is 5. The molecule has 0 N–H and O–H groups in total. The lowest BCUT2D eigenvalue weighted by molar-refractivity contribution is 1.03. The lowest BCUT2D eigenvalue weighted by Gasteiger charge is -2.00. The van der Waals surface area contributed by atoms with Gasteiger partial charge in [-0.3, -0.25) is 0 Å². The van der Waals surface area contributed by atoms with E-state index in [4.69, 9.17) is 16.9 Å². The Hall–Kier alpha value is -1.64. The van der Waals surface area contributed by atoms with Gasteiger partial charge >= 0.3 is 0 Å². The van der Waals surface area contributed by atoms with Crippen molar-refractivity contribution >= 4 is 23.4 Å². The van der Waals surface area contributed by atoms with Crippen LogP contribution in [0.2, 0.25) is 5.02 Å². The molecule has 2 heterocycles. The quantitative estimate of drug-likeness (QED) is 0.817. The maximum absolute atomic E-state index is 8.57. The minimum atomic E-state index is 0.288. The van der Waals surface area contributed by atoms with Gasteiger partial charge in [0, 0.05) is 6.20 Å². The average molecular weight is 249 g/mol. The first-order valence-electron chi connectivity index (χ1n) is 4.30. The SMILES string of the molecule is N#Cc1cnc(Sc2ncccc2Cl)cn1. The number of nitrogens with zero attached hydrogens (tertiary/aromatic N) is 4. The van der Waals surface area contributed by atoms with E-state index >= 15 is 0 Å². The molecule has 0 aliphatic rings. The van der Waals surface area contributed by atoms with Crippen LogP contribution in [0.15, 0.2) is 40.8 Å². The minimum absolute atomic E-state index is 0.288. The molecule has 16 heavy (non-hydrogen) atoms. The fraction of sp³-hybridized carbons (Fsp3) is 0. The Bertz CT molecular complexity index is 535. The normalized spacial score (nSPS) is 9.75. The monoisotopic (exact) mass is 248 g/mol. The third kappa shape index (κ3) is 2.48. The van der Waals surface area contributed by atoms with Crippen LogP contribution in [0, 0.1) is 11.3 Å². The highest BCUT2D eigenvalue weighted by molar-refractivity contribution is 7.99. The third-order valence-corrected chi connectivity index (χ3v) is 3.02. The number of pyridine rings is 1. The molecule has 0 aliphatic heterocycles. The van der Waals surface area contributed by atoms with Gasteiger partial charge in [-0.2, -0.15) is 5.26 Å². The summed E-state index contributed by atoms with van der Waals surface area (Å²) < 4.78 is 0. The van der Waals surface area contributed by atoms with Crippen LogP contribution in [0.5, 0.6) is 0 Å². The summed E-state index contributed by atoms with van der Waals surface area (Å²) in [6.07, 6.45) is 4.60. The van der Waals surface area contributed by atoms with E-state index in [9.17, 15) is 0 Å². The molecule has 4 nitrogen and oxygen atoms in total. The summed E-state index contributed by atoms with van der Waals surface area (Å²) in [6.45, 7) is 0. The van der Waals surface area contributed by atoms with Gasteiger partial charge in [-0.05, 0) is 23.9 Å². The van der Waals surface area contributed by atoms with E-state index in [0.29, 0.717) is 15.1 Å². The zero-order valence-electron chi connectivity index (χ0n) is 7.96.